The molecule has 116 valence electrons. The zero-order chi connectivity index (χ0) is 16.2. The maximum Gasteiger partial charge on any atom is 0.417 e. The van der Waals surface area contributed by atoms with Crippen LogP contribution in [0.3, 0.4) is 0 Å². The minimum atomic E-state index is -4.72. The molecule has 0 bridgehead atoms. The highest BCUT2D eigenvalue weighted by molar-refractivity contribution is 5.95. The van der Waals surface area contributed by atoms with E-state index in [2.05, 4.69) is 0 Å². The number of hydrogen-bond acceptors (Lipinski definition) is 3. The van der Waals surface area contributed by atoms with Gasteiger partial charge in [-0.1, -0.05) is 0 Å². The van der Waals surface area contributed by atoms with Gasteiger partial charge in [-0.3, -0.25) is 9.59 Å². The van der Waals surface area contributed by atoms with Gasteiger partial charge >= 0.3 is 12.1 Å². The molecule has 0 aliphatic carbocycles. The number of alkyl halides is 3. The van der Waals surface area contributed by atoms with E-state index in [4.69, 9.17) is 10.8 Å². The van der Waals surface area contributed by atoms with Crippen LogP contribution >= 0.6 is 0 Å². The average Bonchev–Trinajstić information content (AvgIpc) is 2.37. The molecule has 0 atom stereocenters. The molecule has 0 saturated heterocycles. The molecule has 0 unspecified atom stereocenters. The van der Waals surface area contributed by atoms with Crippen LogP contribution in [0.5, 0.6) is 0 Å². The summed E-state index contributed by atoms with van der Waals surface area (Å²) >= 11 is 0. The van der Waals surface area contributed by atoms with Gasteiger partial charge in [-0.25, -0.2) is 0 Å². The van der Waals surface area contributed by atoms with E-state index in [-0.39, 0.29) is 18.7 Å². The Bertz CT molecular complexity index is 544. The molecule has 1 rings (SSSR count). The SMILES string of the molecule is CCN(CCC(=O)O)c1ccc(C(N)=O)c(C(F)(F)F)c1. The summed E-state index contributed by atoms with van der Waals surface area (Å²) in [5, 5.41) is 8.64. The number of halogens is 3. The van der Waals surface area contributed by atoms with Crippen molar-refractivity contribution in [3.8, 4) is 0 Å². The first-order chi connectivity index (χ1) is 9.66. The van der Waals surface area contributed by atoms with E-state index in [1.54, 1.807) is 6.92 Å². The third-order valence-electron chi connectivity index (χ3n) is 2.92. The number of benzene rings is 1. The molecule has 0 spiro atoms. The van der Waals surface area contributed by atoms with Crippen LogP contribution in [0.4, 0.5) is 18.9 Å². The fraction of sp³-hybridized carbons (Fsp3) is 0.385. The van der Waals surface area contributed by atoms with Crippen molar-refractivity contribution in [1.29, 1.82) is 0 Å². The lowest BCUT2D eigenvalue weighted by Gasteiger charge is -2.24. The van der Waals surface area contributed by atoms with Crippen LogP contribution < -0.4 is 10.6 Å². The zero-order valence-electron chi connectivity index (χ0n) is 11.3. The number of aliphatic carboxylic acids is 1. The predicted octanol–water partition coefficient (Wildman–Crippen LogP) is 2.11. The normalized spacial score (nSPS) is 11.2. The van der Waals surface area contributed by atoms with E-state index in [0.717, 1.165) is 12.1 Å². The number of amides is 1. The fourth-order valence-electron chi connectivity index (χ4n) is 1.88. The fourth-order valence-corrected chi connectivity index (χ4v) is 1.88. The molecule has 1 aromatic carbocycles. The molecule has 0 aliphatic rings. The highest BCUT2D eigenvalue weighted by Gasteiger charge is 2.35. The molecule has 8 heteroatoms. The molecule has 3 N–H and O–H groups in total. The minimum absolute atomic E-state index is 0.0685. The lowest BCUT2D eigenvalue weighted by atomic mass is 10.0. The Morgan fingerprint density at radius 1 is 1.33 bits per heavy atom. The van der Waals surface area contributed by atoms with Gasteiger partial charge in [0.2, 0.25) is 5.91 Å². The number of hydrogen-bond donors (Lipinski definition) is 2. The van der Waals surface area contributed by atoms with E-state index < -0.39 is 29.2 Å². The first kappa shape index (κ1) is 16.8. The van der Waals surface area contributed by atoms with Gasteiger partial charge in [0.05, 0.1) is 17.5 Å². The molecule has 0 heterocycles. The highest BCUT2D eigenvalue weighted by atomic mass is 19.4. The Morgan fingerprint density at radius 2 is 1.95 bits per heavy atom. The van der Waals surface area contributed by atoms with Crippen LogP contribution in [0.2, 0.25) is 0 Å². The number of rotatable bonds is 6. The van der Waals surface area contributed by atoms with E-state index in [1.807, 2.05) is 0 Å². The molecule has 0 saturated carbocycles. The van der Waals surface area contributed by atoms with Crippen molar-refractivity contribution >= 4 is 17.6 Å². The van der Waals surface area contributed by atoms with E-state index in [9.17, 15) is 22.8 Å². The second kappa shape index (κ2) is 6.47. The monoisotopic (exact) mass is 304 g/mol. The standard InChI is InChI=1S/C13H15F3N2O3/c1-2-18(6-5-11(19)20)8-3-4-9(12(17)21)10(7-8)13(14,15)16/h3-4,7H,2,5-6H2,1H3,(H2,17,21)(H,19,20). The number of carboxylic acid groups (broad SMARTS) is 1. The molecular formula is C13H15F3N2O3. The summed E-state index contributed by atoms with van der Waals surface area (Å²) < 4.78 is 38.8. The zero-order valence-corrected chi connectivity index (χ0v) is 11.3. The number of anilines is 1. The van der Waals surface area contributed by atoms with Gasteiger partial charge < -0.3 is 15.7 Å². The Morgan fingerprint density at radius 3 is 2.38 bits per heavy atom. The van der Waals surface area contributed by atoms with Crippen LogP contribution in [0.1, 0.15) is 29.3 Å². The maximum absolute atomic E-state index is 12.9. The predicted molar refractivity (Wildman–Crippen MR) is 70.1 cm³/mol. The summed E-state index contributed by atoms with van der Waals surface area (Å²) in [4.78, 5) is 23.1. The van der Waals surface area contributed by atoms with Crippen molar-refractivity contribution in [3.05, 3.63) is 29.3 Å². The third kappa shape index (κ3) is 4.37. The van der Waals surface area contributed by atoms with Crippen molar-refractivity contribution in [3.63, 3.8) is 0 Å². The number of carbonyl (C=O) groups is 2. The summed E-state index contributed by atoms with van der Waals surface area (Å²) in [6, 6.07) is 3.13. The summed E-state index contributed by atoms with van der Waals surface area (Å²) in [7, 11) is 0. The molecule has 0 aromatic heterocycles. The van der Waals surface area contributed by atoms with Crippen molar-refractivity contribution < 1.29 is 27.9 Å². The highest BCUT2D eigenvalue weighted by Crippen LogP contribution is 2.34. The molecule has 0 fully saturated rings. The lowest BCUT2D eigenvalue weighted by molar-refractivity contribution is -0.138. The minimum Gasteiger partial charge on any atom is -0.481 e. The topological polar surface area (TPSA) is 83.6 Å². The molecule has 1 amide bonds. The lowest BCUT2D eigenvalue weighted by Crippen LogP contribution is -2.27. The van der Waals surface area contributed by atoms with Gasteiger partial charge in [0.15, 0.2) is 0 Å². The van der Waals surface area contributed by atoms with Crippen LogP contribution in [-0.4, -0.2) is 30.1 Å². The smallest absolute Gasteiger partial charge is 0.417 e. The summed E-state index contributed by atoms with van der Waals surface area (Å²) in [6.07, 6.45) is -4.92. The van der Waals surface area contributed by atoms with Gasteiger partial charge in [-0.05, 0) is 25.1 Å². The van der Waals surface area contributed by atoms with Crippen molar-refractivity contribution in [2.24, 2.45) is 5.73 Å². The van der Waals surface area contributed by atoms with Crippen molar-refractivity contribution in [2.45, 2.75) is 19.5 Å². The molecule has 0 aliphatic heterocycles. The second-order valence-electron chi connectivity index (χ2n) is 4.32. The third-order valence-corrected chi connectivity index (χ3v) is 2.92. The van der Waals surface area contributed by atoms with Crippen molar-refractivity contribution in [2.75, 3.05) is 18.0 Å². The van der Waals surface area contributed by atoms with Crippen LogP contribution in [-0.2, 0) is 11.0 Å². The Balaban J connectivity index is 3.20. The largest absolute Gasteiger partial charge is 0.481 e. The molecule has 0 radical (unpaired) electrons. The van der Waals surface area contributed by atoms with Gasteiger partial charge in [0, 0.05) is 18.8 Å². The Labute approximate surface area is 119 Å². The molecule has 5 nitrogen and oxygen atoms in total. The van der Waals surface area contributed by atoms with Crippen molar-refractivity contribution in [1.82, 2.24) is 0 Å². The van der Waals surface area contributed by atoms with Gasteiger partial charge in [-0.2, -0.15) is 13.2 Å². The Hall–Kier alpha value is -2.25. The summed E-state index contributed by atoms with van der Waals surface area (Å²) in [5.74, 6) is -2.21. The maximum atomic E-state index is 12.9. The van der Waals surface area contributed by atoms with Crippen LogP contribution in [0.15, 0.2) is 18.2 Å². The Kier molecular flexibility index (Phi) is 5.17. The quantitative estimate of drug-likeness (QED) is 0.843. The second-order valence-corrected chi connectivity index (χ2v) is 4.32. The van der Waals surface area contributed by atoms with Gasteiger partial charge in [0.1, 0.15) is 0 Å². The molecule has 1 aromatic rings. The van der Waals surface area contributed by atoms with Crippen LogP contribution in [0.25, 0.3) is 0 Å². The molecule has 21 heavy (non-hydrogen) atoms. The number of carboxylic acids is 1. The first-order valence-electron chi connectivity index (χ1n) is 6.14. The van der Waals surface area contributed by atoms with Gasteiger partial charge in [0.25, 0.3) is 0 Å². The number of nitrogens with two attached hydrogens (primary N) is 1. The summed E-state index contributed by atoms with van der Waals surface area (Å²) in [6.45, 7) is 2.09. The van der Waals surface area contributed by atoms with E-state index in [1.165, 1.54) is 11.0 Å². The average molecular weight is 304 g/mol. The number of carbonyl (C=O) groups excluding carboxylic acids is 1. The number of nitrogens with zero attached hydrogens (tertiary/aromatic N) is 1. The van der Waals surface area contributed by atoms with E-state index in [0.29, 0.717) is 6.54 Å². The number of primary amides is 1. The van der Waals surface area contributed by atoms with Gasteiger partial charge in [-0.15, -0.1) is 0 Å². The molecular weight excluding hydrogens is 289 g/mol. The van der Waals surface area contributed by atoms with E-state index >= 15 is 0 Å². The first-order valence-corrected chi connectivity index (χ1v) is 6.14. The van der Waals surface area contributed by atoms with Crippen LogP contribution in [0, 0.1) is 0 Å². The summed E-state index contributed by atoms with van der Waals surface area (Å²) in [5.41, 5.74) is 3.39.